The maximum atomic E-state index is 11.5. The van der Waals surface area contributed by atoms with E-state index in [1.54, 1.807) is 6.92 Å². The second-order valence-corrected chi connectivity index (χ2v) is 8.14. The number of carbonyl (C=O) groups is 1. The molecule has 0 spiro atoms. The molecule has 1 aliphatic heterocycles. The molecule has 0 radical (unpaired) electrons. The minimum atomic E-state index is 0.141. The van der Waals surface area contributed by atoms with E-state index in [9.17, 15) is 9.90 Å². The van der Waals surface area contributed by atoms with Crippen LogP contribution in [0.15, 0.2) is 35.7 Å². The predicted molar refractivity (Wildman–Crippen MR) is 107 cm³/mol. The summed E-state index contributed by atoms with van der Waals surface area (Å²) >= 11 is 1.53. The van der Waals surface area contributed by atoms with Crippen molar-refractivity contribution in [3.05, 3.63) is 57.3 Å². The topological polar surface area (TPSA) is 43.8 Å². The standard InChI is InChI=1S/C21H28N2O2S/c1-16-3-5-18(6-4-16)13-23-9-8-22(14-20(23)7-10-24)12-19-11-21(17(2)25)26-15-19/h3-6,11,15,20,24H,7-10,12-14H2,1-2H3/t20-/m0/s1. The van der Waals surface area contributed by atoms with Crippen LogP contribution in [0.5, 0.6) is 0 Å². The van der Waals surface area contributed by atoms with Gasteiger partial charge in [-0.05, 0) is 42.8 Å². The lowest BCUT2D eigenvalue weighted by Crippen LogP contribution is -2.52. The van der Waals surface area contributed by atoms with Gasteiger partial charge in [0, 0.05) is 45.4 Å². The molecule has 0 aliphatic carbocycles. The van der Waals surface area contributed by atoms with Crippen molar-refractivity contribution in [1.82, 2.24) is 9.80 Å². The number of ketones is 1. The Morgan fingerprint density at radius 2 is 1.96 bits per heavy atom. The number of aliphatic hydroxyl groups excluding tert-OH is 1. The Morgan fingerprint density at radius 3 is 2.62 bits per heavy atom. The number of aryl methyl sites for hydroxylation is 1. The molecule has 1 aromatic heterocycles. The average Bonchev–Trinajstić information content (AvgIpc) is 3.08. The van der Waals surface area contributed by atoms with E-state index >= 15 is 0 Å². The van der Waals surface area contributed by atoms with Gasteiger partial charge in [0.15, 0.2) is 5.78 Å². The lowest BCUT2D eigenvalue weighted by molar-refractivity contribution is 0.0500. The van der Waals surface area contributed by atoms with Crippen LogP contribution in [0.2, 0.25) is 0 Å². The Labute approximate surface area is 160 Å². The molecular formula is C21H28N2O2S. The maximum Gasteiger partial charge on any atom is 0.169 e. The fourth-order valence-electron chi connectivity index (χ4n) is 3.56. The number of piperazine rings is 1. The highest BCUT2D eigenvalue weighted by Gasteiger charge is 2.26. The van der Waals surface area contributed by atoms with Gasteiger partial charge < -0.3 is 5.11 Å². The summed E-state index contributed by atoms with van der Waals surface area (Å²) in [4.78, 5) is 17.3. The summed E-state index contributed by atoms with van der Waals surface area (Å²) in [6, 6.07) is 11.1. The van der Waals surface area contributed by atoms with E-state index in [2.05, 4.69) is 46.4 Å². The molecule has 1 fully saturated rings. The van der Waals surface area contributed by atoms with Gasteiger partial charge in [0.05, 0.1) is 4.88 Å². The number of thiophene rings is 1. The van der Waals surface area contributed by atoms with E-state index in [0.717, 1.165) is 44.0 Å². The van der Waals surface area contributed by atoms with Crippen LogP contribution in [0.1, 0.15) is 39.7 Å². The number of aliphatic hydroxyl groups is 1. The van der Waals surface area contributed by atoms with Crippen molar-refractivity contribution >= 4 is 17.1 Å². The number of Topliss-reactive ketones (excluding diaryl/α,β-unsaturated/α-hetero) is 1. The van der Waals surface area contributed by atoms with Crippen LogP contribution in [0.4, 0.5) is 0 Å². The number of hydrogen-bond acceptors (Lipinski definition) is 5. The number of rotatable bonds is 7. The van der Waals surface area contributed by atoms with Crippen molar-refractivity contribution in [1.29, 1.82) is 0 Å². The fraction of sp³-hybridized carbons (Fsp3) is 0.476. The molecule has 0 saturated carbocycles. The third kappa shape index (κ3) is 5.01. The number of nitrogens with zero attached hydrogens (tertiary/aromatic N) is 2. The van der Waals surface area contributed by atoms with Crippen molar-refractivity contribution in [2.45, 2.75) is 39.4 Å². The summed E-state index contributed by atoms with van der Waals surface area (Å²) < 4.78 is 0. The molecular weight excluding hydrogens is 344 g/mol. The minimum Gasteiger partial charge on any atom is -0.396 e. The molecule has 0 unspecified atom stereocenters. The Hall–Kier alpha value is -1.53. The molecule has 140 valence electrons. The van der Waals surface area contributed by atoms with E-state index in [1.165, 1.54) is 28.0 Å². The molecule has 26 heavy (non-hydrogen) atoms. The van der Waals surface area contributed by atoms with E-state index in [-0.39, 0.29) is 12.4 Å². The van der Waals surface area contributed by atoms with Gasteiger partial charge in [-0.2, -0.15) is 0 Å². The van der Waals surface area contributed by atoms with E-state index in [1.807, 2.05) is 6.07 Å². The second-order valence-electron chi connectivity index (χ2n) is 7.23. The van der Waals surface area contributed by atoms with Gasteiger partial charge in [0.1, 0.15) is 0 Å². The number of hydrogen-bond donors (Lipinski definition) is 1. The number of benzene rings is 1. The summed E-state index contributed by atoms with van der Waals surface area (Å²) in [5.41, 5.74) is 3.83. The second kappa shape index (κ2) is 8.91. The molecule has 2 heterocycles. The van der Waals surface area contributed by atoms with Gasteiger partial charge in [-0.15, -0.1) is 11.3 Å². The molecule has 3 rings (SSSR count). The Morgan fingerprint density at radius 1 is 1.19 bits per heavy atom. The average molecular weight is 373 g/mol. The van der Waals surface area contributed by atoms with Crippen LogP contribution in [0.25, 0.3) is 0 Å². The Balaban J connectivity index is 1.61. The summed E-state index contributed by atoms with van der Waals surface area (Å²) in [5.74, 6) is 0.141. The molecule has 1 aliphatic rings. The quantitative estimate of drug-likeness (QED) is 0.757. The highest BCUT2D eigenvalue weighted by molar-refractivity contribution is 7.12. The van der Waals surface area contributed by atoms with Crippen molar-refractivity contribution < 1.29 is 9.90 Å². The highest BCUT2D eigenvalue weighted by atomic mass is 32.1. The van der Waals surface area contributed by atoms with Crippen LogP contribution in [0.3, 0.4) is 0 Å². The van der Waals surface area contributed by atoms with E-state index in [4.69, 9.17) is 0 Å². The zero-order chi connectivity index (χ0) is 18.5. The van der Waals surface area contributed by atoms with E-state index in [0.29, 0.717) is 6.04 Å². The molecule has 1 N–H and O–H groups in total. The van der Waals surface area contributed by atoms with Gasteiger partial charge in [-0.3, -0.25) is 14.6 Å². The van der Waals surface area contributed by atoms with Crippen molar-refractivity contribution in [2.24, 2.45) is 0 Å². The van der Waals surface area contributed by atoms with Gasteiger partial charge >= 0.3 is 0 Å². The largest absolute Gasteiger partial charge is 0.396 e. The molecule has 0 bridgehead atoms. The Kier molecular flexibility index (Phi) is 6.59. The SMILES string of the molecule is CC(=O)c1cc(CN2CCN(Cc3ccc(C)cc3)[C@@H](CCO)C2)cs1. The van der Waals surface area contributed by atoms with Gasteiger partial charge in [-0.1, -0.05) is 29.8 Å². The molecule has 5 heteroatoms. The predicted octanol–water partition coefficient (Wildman–Crippen LogP) is 3.33. The molecule has 1 atom stereocenters. The first-order valence-electron chi connectivity index (χ1n) is 9.26. The highest BCUT2D eigenvalue weighted by Crippen LogP contribution is 2.21. The molecule has 1 saturated heterocycles. The summed E-state index contributed by atoms with van der Waals surface area (Å²) in [7, 11) is 0. The maximum absolute atomic E-state index is 11.5. The van der Waals surface area contributed by atoms with Crippen molar-refractivity contribution in [2.75, 3.05) is 26.2 Å². The first-order valence-corrected chi connectivity index (χ1v) is 10.1. The fourth-order valence-corrected chi connectivity index (χ4v) is 4.37. The first kappa shape index (κ1) is 19.2. The van der Waals surface area contributed by atoms with Crippen LogP contribution >= 0.6 is 11.3 Å². The molecule has 1 aromatic carbocycles. The summed E-state index contributed by atoms with van der Waals surface area (Å²) in [5, 5.41) is 11.6. The van der Waals surface area contributed by atoms with Gasteiger partial charge in [-0.25, -0.2) is 0 Å². The first-order chi connectivity index (χ1) is 12.5. The van der Waals surface area contributed by atoms with Gasteiger partial charge in [0.25, 0.3) is 0 Å². The van der Waals surface area contributed by atoms with Crippen molar-refractivity contribution in [3.8, 4) is 0 Å². The monoisotopic (exact) mass is 372 g/mol. The third-order valence-corrected chi connectivity index (χ3v) is 6.14. The van der Waals surface area contributed by atoms with Crippen molar-refractivity contribution in [3.63, 3.8) is 0 Å². The lowest BCUT2D eigenvalue weighted by atomic mass is 10.1. The molecule has 2 aromatic rings. The minimum absolute atomic E-state index is 0.141. The zero-order valence-electron chi connectivity index (χ0n) is 15.6. The van der Waals surface area contributed by atoms with Crippen LogP contribution in [-0.4, -0.2) is 53.0 Å². The van der Waals surface area contributed by atoms with E-state index < -0.39 is 0 Å². The summed E-state index contributed by atoms with van der Waals surface area (Å²) in [6.45, 7) is 8.74. The molecule has 4 nitrogen and oxygen atoms in total. The van der Waals surface area contributed by atoms with Gasteiger partial charge in [0.2, 0.25) is 0 Å². The Bertz CT molecular complexity index is 726. The van der Waals surface area contributed by atoms with Crippen LogP contribution in [0, 0.1) is 6.92 Å². The third-order valence-electron chi connectivity index (χ3n) is 5.06. The summed E-state index contributed by atoms with van der Waals surface area (Å²) in [6.07, 6.45) is 0.796. The zero-order valence-corrected chi connectivity index (χ0v) is 16.5. The normalized spacial score (nSPS) is 19.0. The van der Waals surface area contributed by atoms with Crippen LogP contribution in [-0.2, 0) is 13.1 Å². The number of carbonyl (C=O) groups excluding carboxylic acids is 1. The lowest BCUT2D eigenvalue weighted by Gasteiger charge is -2.41. The molecule has 0 amide bonds. The van der Waals surface area contributed by atoms with Crippen LogP contribution < -0.4 is 0 Å². The smallest absolute Gasteiger partial charge is 0.169 e.